The third kappa shape index (κ3) is 3.92. The molecule has 1 N–H and O–H groups in total. The number of imidazole rings is 1. The average Bonchev–Trinajstić information content (AvgIpc) is 3.26. The van der Waals surface area contributed by atoms with Crippen LogP contribution in [0, 0.1) is 0 Å². The Hall–Kier alpha value is -3.94. The number of hydrogen-bond acceptors (Lipinski definition) is 7. The molecule has 0 saturated heterocycles. The van der Waals surface area contributed by atoms with Crippen molar-refractivity contribution in [2.45, 2.75) is 6.54 Å². The average molecular weight is 420 g/mol. The molecular weight excluding hydrogens is 396 g/mol. The van der Waals surface area contributed by atoms with Crippen LogP contribution in [-0.4, -0.2) is 42.8 Å². The fraction of sp³-hybridized carbons (Fsp3) is 0.217. The molecule has 0 aliphatic carbocycles. The van der Waals surface area contributed by atoms with Gasteiger partial charge in [0.25, 0.3) is 0 Å². The van der Waals surface area contributed by atoms with E-state index in [1.54, 1.807) is 34.6 Å². The molecule has 4 rings (SSSR count). The summed E-state index contributed by atoms with van der Waals surface area (Å²) < 4.78 is 23.5. The van der Waals surface area contributed by atoms with Gasteiger partial charge in [0.1, 0.15) is 5.75 Å². The van der Waals surface area contributed by atoms with Crippen molar-refractivity contribution < 1.29 is 18.9 Å². The Labute approximate surface area is 180 Å². The second-order valence-corrected chi connectivity index (χ2v) is 6.73. The number of aromatic nitrogens is 3. The number of benzene rings is 2. The van der Waals surface area contributed by atoms with E-state index in [1.165, 1.54) is 0 Å². The van der Waals surface area contributed by atoms with Gasteiger partial charge in [0.2, 0.25) is 5.75 Å². The van der Waals surface area contributed by atoms with Crippen LogP contribution in [0.3, 0.4) is 0 Å². The lowest BCUT2D eigenvalue weighted by Gasteiger charge is -2.14. The second kappa shape index (κ2) is 8.83. The molecule has 4 aromatic rings. The minimum Gasteiger partial charge on any atom is -0.497 e. The SMILES string of the molecule is COc1ccc(-c2cnc3c(NCc4cc(OC)c(OC)c(OC)c4)nccn23)cc1. The quantitative estimate of drug-likeness (QED) is 0.461. The van der Waals surface area contributed by atoms with Crippen LogP contribution in [0.15, 0.2) is 55.0 Å². The number of rotatable bonds is 8. The zero-order valence-electron chi connectivity index (χ0n) is 17.9. The molecular formula is C23H24N4O4. The summed E-state index contributed by atoms with van der Waals surface area (Å²) in [5.41, 5.74) is 3.70. The fourth-order valence-corrected chi connectivity index (χ4v) is 3.44. The first kappa shape index (κ1) is 20.3. The van der Waals surface area contributed by atoms with E-state index in [2.05, 4.69) is 15.3 Å². The van der Waals surface area contributed by atoms with Gasteiger partial charge in [-0.25, -0.2) is 9.97 Å². The van der Waals surface area contributed by atoms with Gasteiger partial charge in [-0.05, 0) is 42.0 Å². The highest BCUT2D eigenvalue weighted by Crippen LogP contribution is 2.38. The number of methoxy groups -OCH3 is 4. The molecule has 0 fully saturated rings. The van der Waals surface area contributed by atoms with Gasteiger partial charge in [-0.15, -0.1) is 0 Å². The Balaban J connectivity index is 1.62. The maximum atomic E-state index is 5.44. The molecule has 0 aliphatic heterocycles. The van der Waals surface area contributed by atoms with Crippen molar-refractivity contribution in [1.29, 1.82) is 0 Å². The van der Waals surface area contributed by atoms with Crippen molar-refractivity contribution in [2.75, 3.05) is 33.8 Å². The van der Waals surface area contributed by atoms with Crippen LogP contribution < -0.4 is 24.3 Å². The largest absolute Gasteiger partial charge is 0.497 e. The van der Waals surface area contributed by atoms with Crippen molar-refractivity contribution in [3.8, 4) is 34.3 Å². The van der Waals surface area contributed by atoms with Crippen LogP contribution in [0.25, 0.3) is 16.9 Å². The predicted octanol–water partition coefficient (Wildman–Crippen LogP) is 4.04. The summed E-state index contributed by atoms with van der Waals surface area (Å²) in [6.07, 6.45) is 5.48. The molecule has 0 bridgehead atoms. The van der Waals surface area contributed by atoms with E-state index in [9.17, 15) is 0 Å². The first-order valence-corrected chi connectivity index (χ1v) is 9.67. The molecule has 0 spiro atoms. The minimum atomic E-state index is 0.508. The van der Waals surface area contributed by atoms with Crippen molar-refractivity contribution >= 4 is 11.5 Å². The maximum Gasteiger partial charge on any atom is 0.203 e. The Morgan fingerprint density at radius 2 is 1.58 bits per heavy atom. The Bertz CT molecular complexity index is 1160. The normalized spacial score (nSPS) is 10.7. The van der Waals surface area contributed by atoms with Crippen molar-refractivity contribution in [2.24, 2.45) is 0 Å². The molecule has 2 aromatic heterocycles. The van der Waals surface area contributed by atoms with E-state index in [0.717, 1.165) is 28.2 Å². The van der Waals surface area contributed by atoms with E-state index in [4.69, 9.17) is 18.9 Å². The van der Waals surface area contributed by atoms with Crippen LogP contribution in [0.5, 0.6) is 23.0 Å². The van der Waals surface area contributed by atoms with E-state index in [-0.39, 0.29) is 0 Å². The molecule has 8 heteroatoms. The molecule has 0 atom stereocenters. The van der Waals surface area contributed by atoms with Gasteiger partial charge in [-0.3, -0.25) is 4.40 Å². The molecule has 0 unspecified atom stereocenters. The summed E-state index contributed by atoms with van der Waals surface area (Å²) in [5, 5.41) is 3.36. The lowest BCUT2D eigenvalue weighted by atomic mass is 10.1. The molecule has 0 aliphatic rings. The lowest BCUT2D eigenvalue weighted by molar-refractivity contribution is 0.324. The van der Waals surface area contributed by atoms with Crippen molar-refractivity contribution in [3.05, 3.63) is 60.6 Å². The number of nitrogens with zero attached hydrogens (tertiary/aromatic N) is 3. The molecule has 31 heavy (non-hydrogen) atoms. The molecule has 0 radical (unpaired) electrons. The first-order chi connectivity index (χ1) is 15.2. The fourth-order valence-electron chi connectivity index (χ4n) is 3.44. The standard InChI is InChI=1S/C23H24N4O4/c1-28-17-7-5-16(6-8-17)18-14-26-23-22(24-9-10-27(18)23)25-13-15-11-19(29-2)21(31-4)20(12-15)30-3/h5-12,14H,13H2,1-4H3,(H,24,25). The molecule has 0 amide bonds. The zero-order chi connectivity index (χ0) is 21.8. The third-order valence-corrected chi connectivity index (χ3v) is 5.00. The predicted molar refractivity (Wildman–Crippen MR) is 118 cm³/mol. The van der Waals surface area contributed by atoms with Gasteiger partial charge in [-0.1, -0.05) is 0 Å². The highest BCUT2D eigenvalue weighted by molar-refractivity contribution is 5.71. The van der Waals surface area contributed by atoms with E-state index in [1.807, 2.05) is 53.2 Å². The Morgan fingerprint density at radius 1 is 0.871 bits per heavy atom. The van der Waals surface area contributed by atoms with E-state index < -0.39 is 0 Å². The number of ether oxygens (including phenoxy) is 4. The summed E-state index contributed by atoms with van der Waals surface area (Å²) in [4.78, 5) is 9.06. The molecule has 2 heterocycles. The lowest BCUT2D eigenvalue weighted by Crippen LogP contribution is -2.05. The highest BCUT2D eigenvalue weighted by atomic mass is 16.5. The monoisotopic (exact) mass is 420 g/mol. The molecule has 0 saturated carbocycles. The van der Waals surface area contributed by atoms with Gasteiger partial charge < -0.3 is 24.3 Å². The number of nitrogens with one attached hydrogen (secondary N) is 1. The minimum absolute atomic E-state index is 0.508. The number of hydrogen-bond donors (Lipinski definition) is 1. The molecule has 160 valence electrons. The van der Waals surface area contributed by atoms with Gasteiger partial charge >= 0.3 is 0 Å². The van der Waals surface area contributed by atoms with Gasteiger partial charge in [0.05, 0.1) is 40.3 Å². The van der Waals surface area contributed by atoms with Crippen LogP contribution in [0.1, 0.15) is 5.56 Å². The Kier molecular flexibility index (Phi) is 5.79. The molecule has 2 aromatic carbocycles. The summed E-state index contributed by atoms with van der Waals surface area (Å²) >= 11 is 0. The summed E-state index contributed by atoms with van der Waals surface area (Å²) in [6.45, 7) is 0.508. The van der Waals surface area contributed by atoms with E-state index >= 15 is 0 Å². The maximum absolute atomic E-state index is 5.44. The third-order valence-electron chi connectivity index (χ3n) is 5.00. The van der Waals surface area contributed by atoms with Crippen LogP contribution in [-0.2, 0) is 6.54 Å². The first-order valence-electron chi connectivity index (χ1n) is 9.67. The summed E-state index contributed by atoms with van der Waals surface area (Å²) in [6, 6.07) is 11.7. The topological polar surface area (TPSA) is 79.1 Å². The van der Waals surface area contributed by atoms with Crippen LogP contribution >= 0.6 is 0 Å². The van der Waals surface area contributed by atoms with Gasteiger partial charge in [0, 0.05) is 24.5 Å². The van der Waals surface area contributed by atoms with Crippen molar-refractivity contribution in [1.82, 2.24) is 14.4 Å². The number of anilines is 1. The zero-order valence-corrected chi connectivity index (χ0v) is 17.9. The van der Waals surface area contributed by atoms with Crippen LogP contribution in [0.4, 0.5) is 5.82 Å². The highest BCUT2D eigenvalue weighted by Gasteiger charge is 2.14. The van der Waals surface area contributed by atoms with E-state index in [0.29, 0.717) is 29.6 Å². The van der Waals surface area contributed by atoms with Gasteiger partial charge in [0.15, 0.2) is 23.0 Å². The number of fused-ring (bicyclic) bond motifs is 1. The van der Waals surface area contributed by atoms with Crippen LogP contribution in [0.2, 0.25) is 0 Å². The second-order valence-electron chi connectivity index (χ2n) is 6.73. The smallest absolute Gasteiger partial charge is 0.203 e. The van der Waals surface area contributed by atoms with Gasteiger partial charge in [-0.2, -0.15) is 0 Å². The van der Waals surface area contributed by atoms with Crippen molar-refractivity contribution in [3.63, 3.8) is 0 Å². The molecule has 8 nitrogen and oxygen atoms in total. The summed E-state index contributed by atoms with van der Waals surface area (Å²) in [7, 11) is 6.44. The summed E-state index contributed by atoms with van der Waals surface area (Å²) in [5.74, 6) is 3.26. The Morgan fingerprint density at radius 3 is 2.19 bits per heavy atom.